The number of anilines is 3. The minimum Gasteiger partial charge on any atom is -0.497 e. The molecule has 0 aliphatic heterocycles. The van der Waals surface area contributed by atoms with Gasteiger partial charge in [-0.1, -0.05) is 6.07 Å². The Labute approximate surface area is 103 Å². The maximum atomic E-state index is 13.6. The van der Waals surface area contributed by atoms with Gasteiger partial charge in [0.2, 0.25) is 0 Å². The molecule has 0 bridgehead atoms. The van der Waals surface area contributed by atoms with Gasteiger partial charge in [0.1, 0.15) is 11.4 Å². The number of halogens is 2. The summed E-state index contributed by atoms with van der Waals surface area (Å²) < 4.78 is 31.7. The average Bonchev–Trinajstić information content (AvgIpc) is 2.39. The van der Waals surface area contributed by atoms with Gasteiger partial charge in [-0.3, -0.25) is 0 Å². The van der Waals surface area contributed by atoms with Crippen LogP contribution in [0.3, 0.4) is 0 Å². The van der Waals surface area contributed by atoms with E-state index in [4.69, 9.17) is 10.5 Å². The third-order valence-electron chi connectivity index (χ3n) is 2.47. The molecule has 0 unspecified atom stereocenters. The van der Waals surface area contributed by atoms with Gasteiger partial charge in [0.25, 0.3) is 0 Å². The van der Waals surface area contributed by atoms with Crippen LogP contribution in [-0.4, -0.2) is 7.11 Å². The second-order valence-corrected chi connectivity index (χ2v) is 3.68. The van der Waals surface area contributed by atoms with Crippen LogP contribution in [0.25, 0.3) is 0 Å². The predicted octanol–water partition coefficient (Wildman–Crippen LogP) is 3.30. The molecule has 18 heavy (non-hydrogen) atoms. The van der Waals surface area contributed by atoms with E-state index >= 15 is 0 Å². The van der Waals surface area contributed by atoms with Crippen molar-refractivity contribution in [1.82, 2.24) is 0 Å². The van der Waals surface area contributed by atoms with E-state index in [9.17, 15) is 8.78 Å². The number of nitrogens with one attached hydrogen (secondary N) is 1. The maximum Gasteiger partial charge on any atom is 0.184 e. The molecule has 0 fully saturated rings. The van der Waals surface area contributed by atoms with E-state index < -0.39 is 11.6 Å². The summed E-state index contributed by atoms with van der Waals surface area (Å²) in [5.74, 6) is -1.34. The molecule has 0 spiro atoms. The van der Waals surface area contributed by atoms with Gasteiger partial charge >= 0.3 is 0 Å². The normalized spacial score (nSPS) is 10.2. The summed E-state index contributed by atoms with van der Waals surface area (Å²) in [4.78, 5) is 0. The molecule has 0 saturated heterocycles. The Kier molecular flexibility index (Phi) is 3.32. The Morgan fingerprint density at radius 3 is 2.67 bits per heavy atom. The molecule has 0 radical (unpaired) electrons. The SMILES string of the molecule is COc1cccc(Nc2c(N)ccc(F)c2F)c1. The van der Waals surface area contributed by atoms with Crippen LogP contribution in [-0.2, 0) is 0 Å². The van der Waals surface area contributed by atoms with E-state index in [0.717, 1.165) is 6.07 Å². The molecule has 94 valence electrons. The summed E-state index contributed by atoms with van der Waals surface area (Å²) in [6.07, 6.45) is 0. The monoisotopic (exact) mass is 250 g/mol. The molecule has 2 rings (SSSR count). The van der Waals surface area contributed by atoms with Crippen molar-refractivity contribution >= 4 is 17.1 Å². The Bertz CT molecular complexity index is 573. The molecule has 2 aromatic rings. The number of benzene rings is 2. The molecule has 5 heteroatoms. The lowest BCUT2D eigenvalue weighted by Gasteiger charge is -2.11. The van der Waals surface area contributed by atoms with Crippen LogP contribution in [0.4, 0.5) is 25.8 Å². The summed E-state index contributed by atoms with van der Waals surface area (Å²) in [5.41, 5.74) is 6.22. The van der Waals surface area contributed by atoms with E-state index in [1.54, 1.807) is 24.3 Å². The van der Waals surface area contributed by atoms with Crippen molar-refractivity contribution in [3.05, 3.63) is 48.0 Å². The topological polar surface area (TPSA) is 47.3 Å². The van der Waals surface area contributed by atoms with E-state index in [-0.39, 0.29) is 11.4 Å². The molecule has 0 atom stereocenters. The Balaban J connectivity index is 2.36. The molecule has 0 heterocycles. The average molecular weight is 250 g/mol. The molecule has 0 saturated carbocycles. The third kappa shape index (κ3) is 2.34. The van der Waals surface area contributed by atoms with Crippen molar-refractivity contribution in [1.29, 1.82) is 0 Å². The first kappa shape index (κ1) is 12.2. The summed E-state index contributed by atoms with van der Waals surface area (Å²) in [6.45, 7) is 0. The highest BCUT2D eigenvalue weighted by atomic mass is 19.2. The van der Waals surface area contributed by atoms with Gasteiger partial charge < -0.3 is 15.8 Å². The fourth-order valence-electron chi connectivity index (χ4n) is 1.54. The number of methoxy groups -OCH3 is 1. The van der Waals surface area contributed by atoms with Gasteiger partial charge in [0.15, 0.2) is 11.6 Å². The molecule has 3 nitrogen and oxygen atoms in total. The van der Waals surface area contributed by atoms with E-state index in [1.165, 1.54) is 13.2 Å². The number of rotatable bonds is 3. The van der Waals surface area contributed by atoms with Crippen molar-refractivity contribution in [2.24, 2.45) is 0 Å². The van der Waals surface area contributed by atoms with Crippen LogP contribution in [0.5, 0.6) is 5.75 Å². The first-order chi connectivity index (χ1) is 8.61. The largest absolute Gasteiger partial charge is 0.497 e. The Hall–Kier alpha value is -2.30. The molecular weight excluding hydrogens is 238 g/mol. The van der Waals surface area contributed by atoms with Crippen molar-refractivity contribution in [2.45, 2.75) is 0 Å². The predicted molar refractivity (Wildman–Crippen MR) is 67.0 cm³/mol. The van der Waals surface area contributed by atoms with Crippen LogP contribution in [0, 0.1) is 11.6 Å². The van der Waals surface area contributed by atoms with Crippen LogP contribution in [0.1, 0.15) is 0 Å². The lowest BCUT2D eigenvalue weighted by atomic mass is 10.2. The summed E-state index contributed by atoms with van der Waals surface area (Å²) in [6, 6.07) is 9.13. The Morgan fingerprint density at radius 2 is 1.94 bits per heavy atom. The maximum absolute atomic E-state index is 13.6. The lowest BCUT2D eigenvalue weighted by molar-refractivity contribution is 0.415. The molecular formula is C13H12F2N2O. The fraction of sp³-hybridized carbons (Fsp3) is 0.0769. The number of hydrogen-bond acceptors (Lipinski definition) is 3. The van der Waals surface area contributed by atoms with Crippen LogP contribution in [0.2, 0.25) is 0 Å². The van der Waals surface area contributed by atoms with Crippen molar-refractivity contribution < 1.29 is 13.5 Å². The van der Waals surface area contributed by atoms with Gasteiger partial charge in [-0.2, -0.15) is 0 Å². The van der Waals surface area contributed by atoms with E-state index in [1.807, 2.05) is 0 Å². The second-order valence-electron chi connectivity index (χ2n) is 3.68. The smallest absolute Gasteiger partial charge is 0.184 e. The van der Waals surface area contributed by atoms with Gasteiger partial charge in [-0.05, 0) is 24.3 Å². The highest BCUT2D eigenvalue weighted by Gasteiger charge is 2.12. The second kappa shape index (κ2) is 4.91. The van der Waals surface area contributed by atoms with Crippen molar-refractivity contribution in [3.63, 3.8) is 0 Å². The van der Waals surface area contributed by atoms with Gasteiger partial charge in [-0.25, -0.2) is 8.78 Å². The highest BCUT2D eigenvalue weighted by molar-refractivity contribution is 5.73. The minimum atomic E-state index is -1.00. The first-order valence-corrected chi connectivity index (χ1v) is 5.26. The first-order valence-electron chi connectivity index (χ1n) is 5.26. The zero-order chi connectivity index (χ0) is 13.1. The molecule has 3 N–H and O–H groups in total. The zero-order valence-corrected chi connectivity index (χ0v) is 9.71. The standard InChI is InChI=1S/C13H12F2N2O/c1-18-9-4-2-3-8(7-9)17-13-11(16)6-5-10(14)12(13)15/h2-7,17H,16H2,1H3. The summed E-state index contributed by atoms with van der Waals surface area (Å²) >= 11 is 0. The number of nitrogens with two attached hydrogens (primary N) is 1. The summed E-state index contributed by atoms with van der Waals surface area (Å²) in [7, 11) is 1.52. The zero-order valence-electron chi connectivity index (χ0n) is 9.71. The molecule has 0 aliphatic rings. The molecule has 0 aromatic heterocycles. The number of ether oxygens (including phenoxy) is 1. The van der Waals surface area contributed by atoms with Crippen molar-refractivity contribution in [2.75, 3.05) is 18.2 Å². The molecule has 0 amide bonds. The third-order valence-corrected chi connectivity index (χ3v) is 2.47. The molecule has 2 aromatic carbocycles. The van der Waals surface area contributed by atoms with E-state index in [0.29, 0.717) is 11.4 Å². The molecule has 0 aliphatic carbocycles. The number of hydrogen-bond donors (Lipinski definition) is 2. The van der Waals surface area contributed by atoms with Crippen LogP contribution < -0.4 is 15.8 Å². The van der Waals surface area contributed by atoms with Gasteiger partial charge in [0.05, 0.1) is 12.8 Å². The van der Waals surface area contributed by atoms with Gasteiger partial charge in [0, 0.05) is 11.8 Å². The van der Waals surface area contributed by atoms with Crippen LogP contribution in [0.15, 0.2) is 36.4 Å². The van der Waals surface area contributed by atoms with Crippen LogP contribution >= 0.6 is 0 Å². The Morgan fingerprint density at radius 1 is 1.17 bits per heavy atom. The fourth-order valence-corrected chi connectivity index (χ4v) is 1.54. The van der Waals surface area contributed by atoms with Crippen molar-refractivity contribution in [3.8, 4) is 5.75 Å². The minimum absolute atomic E-state index is 0.0803. The summed E-state index contributed by atoms with van der Waals surface area (Å²) in [5, 5.41) is 2.74. The van der Waals surface area contributed by atoms with E-state index in [2.05, 4.69) is 5.32 Å². The van der Waals surface area contributed by atoms with Gasteiger partial charge in [-0.15, -0.1) is 0 Å². The number of nitrogen functional groups attached to an aromatic ring is 1. The lowest BCUT2D eigenvalue weighted by Crippen LogP contribution is -2.01. The quantitative estimate of drug-likeness (QED) is 0.822. The highest BCUT2D eigenvalue weighted by Crippen LogP contribution is 2.29.